The summed E-state index contributed by atoms with van der Waals surface area (Å²) in [6.07, 6.45) is 7.63. The van der Waals surface area contributed by atoms with Gasteiger partial charge < -0.3 is 24.6 Å². The van der Waals surface area contributed by atoms with Crippen molar-refractivity contribution in [3.05, 3.63) is 131 Å². The molecule has 0 aliphatic rings. The maximum Gasteiger partial charge on any atom is 0.269 e. The van der Waals surface area contributed by atoms with E-state index < -0.39 is 6.04 Å². The van der Waals surface area contributed by atoms with Gasteiger partial charge in [0.25, 0.3) is 5.91 Å². The van der Waals surface area contributed by atoms with E-state index in [9.17, 15) is 4.79 Å². The van der Waals surface area contributed by atoms with E-state index in [0.29, 0.717) is 30.9 Å². The van der Waals surface area contributed by atoms with E-state index in [1.54, 1.807) is 19.4 Å². The Labute approximate surface area is 253 Å². The molecule has 0 saturated heterocycles. The third kappa shape index (κ3) is 5.45. The number of methoxy groups -OCH3 is 1. The van der Waals surface area contributed by atoms with Gasteiger partial charge in [-0.15, -0.1) is 10.2 Å². The number of nitrogens with zero attached hydrogens (tertiary/aromatic N) is 4. The van der Waals surface area contributed by atoms with Crippen LogP contribution in [-0.2, 0) is 25.8 Å². The zero-order chi connectivity index (χ0) is 29.9. The normalized spacial score (nSPS) is 12.1. The highest BCUT2D eigenvalue weighted by molar-refractivity contribution is 5.92. The van der Waals surface area contributed by atoms with Crippen molar-refractivity contribution < 1.29 is 9.53 Å². The molecular formula is C34H32N8O2. The molecule has 3 aromatic carbocycles. The second kappa shape index (κ2) is 11.9. The monoisotopic (exact) mass is 584 g/mol. The van der Waals surface area contributed by atoms with E-state index >= 15 is 0 Å². The summed E-state index contributed by atoms with van der Waals surface area (Å²) in [7, 11) is 1.66. The van der Waals surface area contributed by atoms with E-state index in [1.807, 2.05) is 54.7 Å². The van der Waals surface area contributed by atoms with Crippen LogP contribution in [0.5, 0.6) is 5.75 Å². The summed E-state index contributed by atoms with van der Waals surface area (Å²) in [5, 5.41) is 21.7. The molecular weight excluding hydrogens is 552 g/mol. The van der Waals surface area contributed by atoms with Crippen molar-refractivity contribution in [1.82, 2.24) is 40.2 Å². The van der Waals surface area contributed by atoms with Gasteiger partial charge in [-0.25, -0.2) is 0 Å². The number of nitrogens with one attached hydrogen (secondary N) is 4. The Morgan fingerprint density at radius 2 is 1.57 bits per heavy atom. The van der Waals surface area contributed by atoms with Crippen LogP contribution in [0.1, 0.15) is 44.9 Å². The maximum absolute atomic E-state index is 13.4. The number of hydrogen-bond donors (Lipinski definition) is 4. The van der Waals surface area contributed by atoms with Crippen LogP contribution in [0.2, 0.25) is 0 Å². The first kappa shape index (κ1) is 27.2. The fraction of sp³-hybridized carbons (Fsp3) is 0.176. The fourth-order valence-corrected chi connectivity index (χ4v) is 5.81. The van der Waals surface area contributed by atoms with Crippen molar-refractivity contribution in [3.8, 4) is 5.75 Å². The summed E-state index contributed by atoms with van der Waals surface area (Å²) in [5.41, 5.74) is 5.92. The highest BCUT2D eigenvalue weighted by Crippen LogP contribution is 2.27. The van der Waals surface area contributed by atoms with Crippen LogP contribution in [0.15, 0.2) is 97.5 Å². The van der Waals surface area contributed by atoms with Gasteiger partial charge in [-0.2, -0.15) is 5.10 Å². The van der Waals surface area contributed by atoms with E-state index in [-0.39, 0.29) is 5.91 Å². The third-order valence-electron chi connectivity index (χ3n) is 8.11. The molecule has 7 rings (SSSR count). The lowest BCUT2D eigenvalue weighted by Gasteiger charge is -2.20. The second-order valence-electron chi connectivity index (χ2n) is 10.8. The minimum Gasteiger partial charge on any atom is -0.497 e. The van der Waals surface area contributed by atoms with Gasteiger partial charge in [0, 0.05) is 53.2 Å². The number of benzene rings is 3. The van der Waals surface area contributed by atoms with Crippen LogP contribution in [-0.4, -0.2) is 47.9 Å². The van der Waals surface area contributed by atoms with Gasteiger partial charge in [-0.3, -0.25) is 9.89 Å². The molecule has 10 nitrogen and oxygen atoms in total. The molecule has 220 valence electrons. The fourth-order valence-electron chi connectivity index (χ4n) is 5.81. The largest absolute Gasteiger partial charge is 0.497 e. The average Bonchev–Trinajstić information content (AvgIpc) is 3.88. The van der Waals surface area contributed by atoms with Crippen LogP contribution < -0.4 is 10.1 Å². The number of H-pyrrole nitrogens is 3. The predicted molar refractivity (Wildman–Crippen MR) is 169 cm³/mol. The van der Waals surface area contributed by atoms with Gasteiger partial charge in [0.1, 0.15) is 17.3 Å². The van der Waals surface area contributed by atoms with Crippen molar-refractivity contribution in [2.24, 2.45) is 0 Å². The van der Waals surface area contributed by atoms with Crippen molar-refractivity contribution in [3.63, 3.8) is 0 Å². The first-order chi connectivity index (χ1) is 21.7. The van der Waals surface area contributed by atoms with Gasteiger partial charge >= 0.3 is 0 Å². The van der Waals surface area contributed by atoms with Gasteiger partial charge in [0.05, 0.1) is 19.7 Å². The first-order valence-corrected chi connectivity index (χ1v) is 14.6. The molecule has 4 aromatic heterocycles. The summed E-state index contributed by atoms with van der Waals surface area (Å²) in [4.78, 5) is 20.1. The number of ether oxygens (including phenoxy) is 1. The second-order valence-corrected chi connectivity index (χ2v) is 10.8. The van der Waals surface area contributed by atoms with Crippen LogP contribution in [0, 0.1) is 0 Å². The number of rotatable bonds is 11. The SMILES string of the molecule is COc1ccc(Cn2c(CCc3c[nH]c4ccccc34)nnc2[C@@H](Cc2c[nH]c3ccccc23)NC(=O)c2ccn[nH]2)cc1. The van der Waals surface area contributed by atoms with Gasteiger partial charge in [-0.1, -0.05) is 48.5 Å². The lowest BCUT2D eigenvalue weighted by Crippen LogP contribution is -2.32. The average molecular weight is 585 g/mol. The molecule has 0 bridgehead atoms. The molecule has 1 atom stereocenters. The number of carbonyl (C=O) groups is 1. The van der Waals surface area contributed by atoms with Crippen LogP contribution in [0.25, 0.3) is 21.8 Å². The van der Waals surface area contributed by atoms with E-state index in [4.69, 9.17) is 14.9 Å². The number of fused-ring (bicyclic) bond motifs is 2. The summed E-state index contributed by atoms with van der Waals surface area (Å²) in [5.74, 6) is 2.07. The molecule has 1 amide bonds. The van der Waals surface area contributed by atoms with Crippen molar-refractivity contribution in [2.45, 2.75) is 31.8 Å². The van der Waals surface area contributed by atoms with Crippen molar-refractivity contribution in [1.29, 1.82) is 0 Å². The maximum atomic E-state index is 13.4. The predicted octanol–water partition coefficient (Wildman–Crippen LogP) is 5.52. The molecule has 10 heteroatoms. The van der Waals surface area contributed by atoms with Gasteiger partial charge in [0.2, 0.25) is 0 Å². The number of hydrogen-bond acceptors (Lipinski definition) is 5. The minimum absolute atomic E-state index is 0.258. The van der Waals surface area contributed by atoms with Crippen LogP contribution in [0.4, 0.5) is 0 Å². The highest BCUT2D eigenvalue weighted by atomic mass is 16.5. The van der Waals surface area contributed by atoms with E-state index in [0.717, 1.165) is 45.5 Å². The zero-order valence-electron chi connectivity index (χ0n) is 24.2. The molecule has 0 saturated carbocycles. The Kier molecular flexibility index (Phi) is 7.37. The summed E-state index contributed by atoms with van der Waals surface area (Å²) in [6.45, 7) is 0.542. The number of para-hydroxylation sites is 2. The van der Waals surface area contributed by atoms with Gasteiger partial charge in [-0.05, 0) is 53.4 Å². The Balaban J connectivity index is 1.26. The quantitative estimate of drug-likeness (QED) is 0.159. The van der Waals surface area contributed by atoms with Crippen molar-refractivity contribution >= 4 is 27.7 Å². The van der Waals surface area contributed by atoms with Crippen LogP contribution >= 0.6 is 0 Å². The molecule has 0 aliphatic carbocycles. The number of aromatic nitrogens is 7. The topological polar surface area (TPSA) is 129 Å². The van der Waals surface area contributed by atoms with E-state index in [1.165, 1.54) is 10.9 Å². The highest BCUT2D eigenvalue weighted by Gasteiger charge is 2.26. The molecule has 0 unspecified atom stereocenters. The standard InChI is InChI=1S/C34H32N8O2/c1-44-25-13-10-22(11-14-25)21-42-32(15-12-23-19-35-28-8-4-2-6-26(23)28)40-41-33(42)31(38-34(43)30-16-17-37-39-30)18-24-20-36-29-9-5-3-7-27(24)29/h2-11,13-14,16-17,19-20,31,35-36H,12,15,18,21H2,1H3,(H,37,39)(H,38,43)/t31-/m1/s1. The number of amides is 1. The molecule has 0 fully saturated rings. The van der Waals surface area contributed by atoms with E-state index in [2.05, 4.69) is 60.5 Å². The number of aryl methyl sites for hydroxylation is 2. The summed E-state index contributed by atoms with van der Waals surface area (Å²) in [6, 6.07) is 25.7. The Morgan fingerprint density at radius 3 is 2.27 bits per heavy atom. The molecule has 4 N–H and O–H groups in total. The Bertz CT molecular complexity index is 2020. The lowest BCUT2D eigenvalue weighted by molar-refractivity contribution is 0.0929. The molecule has 0 aliphatic heterocycles. The molecule has 4 heterocycles. The molecule has 44 heavy (non-hydrogen) atoms. The first-order valence-electron chi connectivity index (χ1n) is 14.6. The lowest BCUT2D eigenvalue weighted by atomic mass is 10.0. The molecule has 0 radical (unpaired) electrons. The summed E-state index contributed by atoms with van der Waals surface area (Å²) < 4.78 is 7.53. The van der Waals surface area contributed by atoms with Gasteiger partial charge in [0.15, 0.2) is 5.82 Å². The number of aromatic amines is 3. The molecule has 7 aromatic rings. The summed E-state index contributed by atoms with van der Waals surface area (Å²) >= 11 is 0. The van der Waals surface area contributed by atoms with Crippen LogP contribution in [0.3, 0.4) is 0 Å². The molecule has 0 spiro atoms. The van der Waals surface area contributed by atoms with Crippen molar-refractivity contribution in [2.75, 3.05) is 7.11 Å². The minimum atomic E-state index is -0.461. The Hall–Kier alpha value is -5.64. The third-order valence-corrected chi connectivity index (χ3v) is 8.11. The number of carbonyl (C=O) groups excluding carboxylic acids is 1. The zero-order valence-corrected chi connectivity index (χ0v) is 24.2. The Morgan fingerprint density at radius 1 is 0.864 bits per heavy atom. The smallest absolute Gasteiger partial charge is 0.269 e.